The molecular formula is C31H29FN8O3S. The standard InChI is InChI=1S/C31H29FN8O3S/c1-31(2,3)30(41)36-21-12-19(15-33-16-21)24-5-6-25-27(37-24)28(40-39-25)26-13-23-22(7-8-34-29(23)38-26)18-9-17(10-20(32)11-18)14-35-44(4,42)43/h5-13,15-16,35H,14H2,1-4H3,(H,34,38)(H,36,41)(H,39,40). The quantitative estimate of drug-likeness (QED) is 0.188. The number of hydrogen-bond acceptors (Lipinski definition) is 7. The Labute approximate surface area is 252 Å². The van der Waals surface area contributed by atoms with E-state index in [0.717, 1.165) is 17.2 Å². The number of aromatic amines is 2. The number of aromatic nitrogens is 6. The van der Waals surface area contributed by atoms with Gasteiger partial charge >= 0.3 is 0 Å². The van der Waals surface area contributed by atoms with Crippen LogP contribution in [-0.2, 0) is 21.4 Å². The van der Waals surface area contributed by atoms with Gasteiger partial charge in [0.1, 0.15) is 22.7 Å². The minimum atomic E-state index is -3.44. The number of H-pyrrole nitrogens is 2. The molecule has 1 aromatic carbocycles. The molecule has 13 heteroatoms. The number of benzene rings is 1. The number of carbonyl (C=O) groups excluding carboxylic acids is 1. The number of rotatable bonds is 7. The van der Waals surface area contributed by atoms with E-state index in [1.807, 2.05) is 45.0 Å². The molecule has 0 saturated carbocycles. The van der Waals surface area contributed by atoms with Gasteiger partial charge in [0.15, 0.2) is 0 Å². The van der Waals surface area contributed by atoms with Crippen molar-refractivity contribution in [1.29, 1.82) is 0 Å². The van der Waals surface area contributed by atoms with E-state index in [9.17, 15) is 17.6 Å². The Bertz CT molecular complexity index is 2170. The van der Waals surface area contributed by atoms with Crippen LogP contribution in [0.15, 0.2) is 67.1 Å². The Morgan fingerprint density at radius 1 is 1.02 bits per heavy atom. The highest BCUT2D eigenvalue weighted by molar-refractivity contribution is 7.88. The van der Waals surface area contributed by atoms with E-state index in [4.69, 9.17) is 4.98 Å². The molecule has 6 aromatic rings. The largest absolute Gasteiger partial charge is 0.338 e. The Morgan fingerprint density at radius 3 is 2.61 bits per heavy atom. The van der Waals surface area contributed by atoms with Crippen LogP contribution in [0.25, 0.3) is 55.8 Å². The number of carbonyl (C=O) groups is 1. The van der Waals surface area contributed by atoms with Crippen LogP contribution < -0.4 is 10.0 Å². The molecule has 224 valence electrons. The van der Waals surface area contributed by atoms with Crippen molar-refractivity contribution in [1.82, 2.24) is 34.9 Å². The Kier molecular flexibility index (Phi) is 7.22. The molecule has 4 N–H and O–H groups in total. The van der Waals surface area contributed by atoms with Crippen molar-refractivity contribution >= 4 is 43.7 Å². The van der Waals surface area contributed by atoms with Crippen molar-refractivity contribution in [2.24, 2.45) is 5.41 Å². The van der Waals surface area contributed by atoms with Crippen LogP contribution in [0.4, 0.5) is 10.1 Å². The fourth-order valence-corrected chi connectivity index (χ4v) is 5.17. The van der Waals surface area contributed by atoms with Crippen LogP contribution in [0.3, 0.4) is 0 Å². The monoisotopic (exact) mass is 612 g/mol. The number of amides is 1. The topological polar surface area (TPSA) is 158 Å². The lowest BCUT2D eigenvalue weighted by Gasteiger charge is -2.17. The van der Waals surface area contributed by atoms with Crippen molar-refractivity contribution in [2.45, 2.75) is 27.3 Å². The van der Waals surface area contributed by atoms with E-state index in [1.165, 1.54) is 12.1 Å². The summed E-state index contributed by atoms with van der Waals surface area (Å²) in [6, 6.07) is 13.6. The van der Waals surface area contributed by atoms with Gasteiger partial charge in [-0.25, -0.2) is 27.5 Å². The highest BCUT2D eigenvalue weighted by Crippen LogP contribution is 2.34. The van der Waals surface area contributed by atoms with E-state index in [1.54, 1.807) is 30.7 Å². The SMILES string of the molecule is CC(C)(C)C(=O)Nc1cncc(-c2ccc3[nH]nc(-c4cc5c(-c6cc(F)cc(CNS(C)(=O)=O)c6)ccnc5[nH]4)c3n2)c1. The van der Waals surface area contributed by atoms with Gasteiger partial charge in [-0.1, -0.05) is 20.8 Å². The van der Waals surface area contributed by atoms with E-state index in [-0.39, 0.29) is 12.5 Å². The van der Waals surface area contributed by atoms with Crippen LogP contribution in [-0.4, -0.2) is 50.7 Å². The third-order valence-corrected chi connectivity index (χ3v) is 7.64. The summed E-state index contributed by atoms with van der Waals surface area (Å²) in [4.78, 5) is 29.4. The van der Waals surface area contributed by atoms with Crippen LogP contribution >= 0.6 is 0 Å². The lowest BCUT2D eigenvalue weighted by Crippen LogP contribution is -2.27. The van der Waals surface area contributed by atoms with E-state index in [2.05, 4.69) is 35.2 Å². The summed E-state index contributed by atoms with van der Waals surface area (Å²) in [5.41, 5.74) is 6.25. The average Bonchev–Trinajstić information content (AvgIpc) is 3.59. The number of halogens is 1. The summed E-state index contributed by atoms with van der Waals surface area (Å²) in [5, 5.41) is 11.2. The van der Waals surface area contributed by atoms with Gasteiger partial charge in [0.25, 0.3) is 0 Å². The van der Waals surface area contributed by atoms with Crippen molar-refractivity contribution in [3.05, 3.63) is 78.5 Å². The van der Waals surface area contributed by atoms with Gasteiger partial charge in [-0.2, -0.15) is 5.10 Å². The maximum absolute atomic E-state index is 14.6. The predicted molar refractivity (Wildman–Crippen MR) is 167 cm³/mol. The number of nitrogens with one attached hydrogen (secondary N) is 4. The van der Waals surface area contributed by atoms with Crippen LogP contribution in [0.2, 0.25) is 0 Å². The molecule has 6 rings (SSSR count). The van der Waals surface area contributed by atoms with Crippen molar-refractivity contribution in [3.63, 3.8) is 0 Å². The minimum absolute atomic E-state index is 0.0368. The summed E-state index contributed by atoms with van der Waals surface area (Å²) in [6.45, 7) is 5.48. The molecule has 0 fully saturated rings. The van der Waals surface area contributed by atoms with Gasteiger partial charge in [-0.05, 0) is 65.2 Å². The summed E-state index contributed by atoms with van der Waals surface area (Å²) in [5.74, 6) is -0.608. The molecule has 0 spiro atoms. The fourth-order valence-electron chi connectivity index (χ4n) is 4.74. The third-order valence-electron chi connectivity index (χ3n) is 6.97. The first kappa shape index (κ1) is 29.1. The fraction of sp³-hybridized carbons (Fsp3) is 0.194. The zero-order chi connectivity index (χ0) is 31.2. The van der Waals surface area contributed by atoms with Crippen molar-refractivity contribution < 1.29 is 17.6 Å². The highest BCUT2D eigenvalue weighted by atomic mass is 32.2. The number of hydrogen-bond donors (Lipinski definition) is 4. The van der Waals surface area contributed by atoms with Gasteiger partial charge < -0.3 is 10.3 Å². The molecule has 0 aliphatic heterocycles. The Morgan fingerprint density at radius 2 is 1.84 bits per heavy atom. The molecule has 44 heavy (non-hydrogen) atoms. The molecule has 1 amide bonds. The van der Waals surface area contributed by atoms with E-state index >= 15 is 0 Å². The van der Waals surface area contributed by atoms with E-state index < -0.39 is 21.3 Å². The number of anilines is 1. The van der Waals surface area contributed by atoms with Crippen LogP contribution in [0.1, 0.15) is 26.3 Å². The number of pyridine rings is 3. The number of nitrogens with zero attached hydrogens (tertiary/aromatic N) is 4. The first-order chi connectivity index (χ1) is 20.8. The zero-order valence-electron chi connectivity index (χ0n) is 24.4. The van der Waals surface area contributed by atoms with E-state index in [0.29, 0.717) is 56.1 Å². The maximum Gasteiger partial charge on any atom is 0.229 e. The normalized spacial score (nSPS) is 12.2. The Hall–Kier alpha value is -5.01. The molecule has 0 unspecified atom stereocenters. The summed E-state index contributed by atoms with van der Waals surface area (Å²) in [6.07, 6.45) is 5.94. The molecule has 0 saturated heterocycles. The molecule has 0 radical (unpaired) electrons. The summed E-state index contributed by atoms with van der Waals surface area (Å²) >= 11 is 0. The number of sulfonamides is 1. The third kappa shape index (κ3) is 6.05. The molecular weight excluding hydrogens is 583 g/mol. The van der Waals surface area contributed by atoms with Crippen molar-refractivity contribution in [2.75, 3.05) is 11.6 Å². The molecule has 11 nitrogen and oxygen atoms in total. The Balaban J connectivity index is 1.37. The summed E-state index contributed by atoms with van der Waals surface area (Å²) < 4.78 is 40.1. The molecule has 0 bridgehead atoms. The second-order valence-corrected chi connectivity index (χ2v) is 13.4. The van der Waals surface area contributed by atoms with Gasteiger partial charge in [-0.15, -0.1) is 0 Å². The molecule has 5 heterocycles. The number of fused-ring (bicyclic) bond motifs is 2. The molecule has 5 aromatic heterocycles. The molecule has 0 aliphatic rings. The highest BCUT2D eigenvalue weighted by Gasteiger charge is 2.22. The first-order valence-corrected chi connectivity index (χ1v) is 15.6. The smallest absolute Gasteiger partial charge is 0.229 e. The second kappa shape index (κ2) is 10.9. The lowest BCUT2D eigenvalue weighted by atomic mass is 9.95. The first-order valence-electron chi connectivity index (χ1n) is 13.7. The zero-order valence-corrected chi connectivity index (χ0v) is 25.2. The van der Waals surface area contributed by atoms with Crippen LogP contribution in [0, 0.1) is 11.2 Å². The maximum atomic E-state index is 14.6. The lowest BCUT2D eigenvalue weighted by molar-refractivity contribution is -0.123. The molecule has 0 aliphatic carbocycles. The van der Waals surface area contributed by atoms with Gasteiger partial charge in [0, 0.05) is 35.3 Å². The van der Waals surface area contributed by atoms with Gasteiger partial charge in [0.2, 0.25) is 15.9 Å². The van der Waals surface area contributed by atoms with Crippen molar-refractivity contribution in [3.8, 4) is 33.8 Å². The average molecular weight is 613 g/mol. The van der Waals surface area contributed by atoms with Crippen LogP contribution in [0.5, 0.6) is 0 Å². The second-order valence-electron chi connectivity index (χ2n) is 11.6. The minimum Gasteiger partial charge on any atom is -0.338 e. The van der Waals surface area contributed by atoms with Gasteiger partial charge in [-0.3, -0.25) is 14.9 Å². The van der Waals surface area contributed by atoms with Gasteiger partial charge in [0.05, 0.1) is 35.0 Å². The summed E-state index contributed by atoms with van der Waals surface area (Å²) in [7, 11) is -3.44. The predicted octanol–water partition coefficient (Wildman–Crippen LogP) is 5.40. The molecule has 0 atom stereocenters.